The molecule has 0 aromatic rings. The Labute approximate surface area is 74.8 Å². The van der Waals surface area contributed by atoms with Crippen molar-refractivity contribution in [2.24, 2.45) is 0 Å². The quantitative estimate of drug-likeness (QED) is 0.621. The third kappa shape index (κ3) is 1.84. The maximum absolute atomic E-state index is 10.6. The average molecular weight is 191 g/mol. The van der Waals surface area contributed by atoms with Crippen molar-refractivity contribution in [1.82, 2.24) is 4.90 Å². The first kappa shape index (κ1) is 8.80. The van der Waals surface area contributed by atoms with Gasteiger partial charge in [0.2, 0.25) is 0 Å². The molecule has 0 aromatic carbocycles. The summed E-state index contributed by atoms with van der Waals surface area (Å²) in [6.07, 6.45) is 0. The lowest BCUT2D eigenvalue weighted by Crippen LogP contribution is -2.36. The molecular weight excluding hydrogens is 182 g/mol. The van der Waals surface area contributed by atoms with Crippen LogP contribution < -0.4 is 0 Å². The fourth-order valence-electron chi connectivity index (χ4n) is 0.997. The maximum Gasteiger partial charge on any atom is 0.336 e. The highest BCUT2D eigenvalue weighted by Gasteiger charge is 2.31. The topological polar surface area (TPSA) is 40.5 Å². The second-order valence-electron chi connectivity index (χ2n) is 2.27. The summed E-state index contributed by atoms with van der Waals surface area (Å²) in [6, 6.07) is 0. The van der Waals surface area contributed by atoms with E-state index in [2.05, 4.69) is 0 Å². The van der Waals surface area contributed by atoms with Crippen LogP contribution in [0.4, 0.5) is 0 Å². The van der Waals surface area contributed by atoms with Crippen LogP contribution in [0, 0.1) is 0 Å². The van der Waals surface area contributed by atoms with Gasteiger partial charge in [-0.1, -0.05) is 12.2 Å². The van der Waals surface area contributed by atoms with E-state index in [4.69, 9.17) is 17.3 Å². The number of hydrogen-bond donors (Lipinski definition) is 1. The molecule has 1 aliphatic heterocycles. The fraction of sp³-hybridized carbons (Fsp3) is 0.667. The first-order chi connectivity index (χ1) is 5.13. The number of carboxylic acid groups (broad SMARTS) is 1. The van der Waals surface area contributed by atoms with Crippen molar-refractivity contribution in [3.63, 3.8) is 0 Å². The lowest BCUT2D eigenvalue weighted by molar-refractivity contribution is -0.138. The molecule has 0 aromatic heterocycles. The Bertz CT molecular complexity index is 175. The molecule has 1 rings (SSSR count). The molecule has 5 heteroatoms. The highest BCUT2D eigenvalue weighted by atomic mass is 32.2. The largest absolute Gasteiger partial charge is 0.479 e. The maximum atomic E-state index is 10.6. The van der Waals surface area contributed by atoms with E-state index < -0.39 is 11.3 Å². The van der Waals surface area contributed by atoms with Crippen molar-refractivity contribution in [2.45, 2.75) is 12.3 Å². The van der Waals surface area contributed by atoms with Gasteiger partial charge in [-0.25, -0.2) is 4.79 Å². The molecule has 1 fully saturated rings. The van der Waals surface area contributed by atoms with Gasteiger partial charge in [0.05, 0.1) is 4.99 Å². The van der Waals surface area contributed by atoms with E-state index in [1.807, 2.05) is 0 Å². The van der Waals surface area contributed by atoms with E-state index in [1.54, 1.807) is 11.8 Å². The molecule has 1 unspecified atom stereocenters. The first-order valence-corrected chi connectivity index (χ1v) is 4.70. The Balaban J connectivity index is 2.65. The number of thiocarbonyl (C=S) groups is 1. The predicted molar refractivity (Wildman–Crippen MR) is 48.9 cm³/mol. The normalized spacial score (nSPS) is 23.7. The van der Waals surface area contributed by atoms with Gasteiger partial charge < -0.3 is 10.0 Å². The summed E-state index contributed by atoms with van der Waals surface area (Å²) in [6.45, 7) is 2.52. The Kier molecular flexibility index (Phi) is 2.72. The monoisotopic (exact) mass is 191 g/mol. The van der Waals surface area contributed by atoms with Crippen molar-refractivity contribution >= 4 is 34.9 Å². The van der Waals surface area contributed by atoms with Crippen LogP contribution in [-0.4, -0.2) is 38.6 Å². The summed E-state index contributed by atoms with van der Waals surface area (Å²) in [5.41, 5.74) is 0. The van der Waals surface area contributed by atoms with Crippen molar-refractivity contribution in [3.8, 4) is 0 Å². The van der Waals surface area contributed by atoms with E-state index >= 15 is 0 Å². The number of thioether (sulfide) groups is 1. The second kappa shape index (κ2) is 3.40. The molecule has 1 aliphatic rings. The zero-order valence-electron chi connectivity index (χ0n) is 6.11. The minimum absolute atomic E-state index is 0.451. The van der Waals surface area contributed by atoms with Gasteiger partial charge in [-0.2, -0.15) is 0 Å². The van der Waals surface area contributed by atoms with E-state index in [1.165, 1.54) is 11.8 Å². The van der Waals surface area contributed by atoms with Gasteiger partial charge in [0, 0.05) is 12.3 Å². The second-order valence-corrected chi connectivity index (χ2v) is 4.05. The van der Waals surface area contributed by atoms with Crippen LogP contribution >= 0.6 is 24.0 Å². The zero-order valence-corrected chi connectivity index (χ0v) is 7.74. The van der Waals surface area contributed by atoms with Crippen LogP contribution in [0.1, 0.15) is 6.92 Å². The predicted octanol–water partition coefficient (Wildman–Crippen LogP) is 0.793. The van der Waals surface area contributed by atoms with E-state index in [0.717, 1.165) is 12.3 Å². The molecule has 1 N–H and O–H groups in total. The molecule has 11 heavy (non-hydrogen) atoms. The number of rotatable bonds is 1. The SMILES string of the molecule is CC(=S)N1CCSC1C(=O)O. The van der Waals surface area contributed by atoms with Crippen molar-refractivity contribution in [1.29, 1.82) is 0 Å². The molecule has 0 radical (unpaired) electrons. The Morgan fingerprint density at radius 2 is 2.45 bits per heavy atom. The van der Waals surface area contributed by atoms with Gasteiger partial charge in [0.15, 0.2) is 5.37 Å². The van der Waals surface area contributed by atoms with Gasteiger partial charge in [-0.05, 0) is 6.92 Å². The Morgan fingerprint density at radius 3 is 2.82 bits per heavy atom. The summed E-state index contributed by atoms with van der Waals surface area (Å²) < 4.78 is 0. The molecule has 1 saturated heterocycles. The zero-order chi connectivity index (χ0) is 8.43. The van der Waals surface area contributed by atoms with Gasteiger partial charge >= 0.3 is 5.97 Å². The summed E-state index contributed by atoms with van der Waals surface area (Å²) >= 11 is 6.33. The minimum Gasteiger partial charge on any atom is -0.479 e. The molecule has 0 bridgehead atoms. The lowest BCUT2D eigenvalue weighted by atomic mass is 10.5. The molecule has 0 saturated carbocycles. The highest BCUT2D eigenvalue weighted by molar-refractivity contribution is 8.00. The number of nitrogens with zero attached hydrogens (tertiary/aromatic N) is 1. The molecule has 62 valence electrons. The van der Waals surface area contributed by atoms with Crippen LogP contribution in [0.5, 0.6) is 0 Å². The molecule has 0 aliphatic carbocycles. The summed E-state index contributed by atoms with van der Waals surface area (Å²) in [5, 5.41) is 8.26. The van der Waals surface area contributed by atoms with Crippen molar-refractivity contribution in [2.75, 3.05) is 12.3 Å². The lowest BCUT2D eigenvalue weighted by Gasteiger charge is -2.20. The third-order valence-electron chi connectivity index (χ3n) is 1.51. The van der Waals surface area contributed by atoms with E-state index in [-0.39, 0.29) is 0 Å². The number of hydrogen-bond acceptors (Lipinski definition) is 3. The Morgan fingerprint density at radius 1 is 1.82 bits per heavy atom. The molecule has 1 heterocycles. The summed E-state index contributed by atoms with van der Waals surface area (Å²) in [7, 11) is 0. The summed E-state index contributed by atoms with van der Waals surface area (Å²) in [5.74, 6) is 0.0574. The van der Waals surface area contributed by atoms with E-state index in [0.29, 0.717) is 4.99 Å². The fourth-order valence-corrected chi connectivity index (χ4v) is 2.37. The standard InChI is InChI=1S/C6H9NO2S2/c1-4(10)7-2-3-11-5(7)6(8)9/h5H,2-3H2,1H3,(H,8,9). The average Bonchev–Trinajstić information content (AvgIpc) is 2.32. The molecular formula is C6H9NO2S2. The van der Waals surface area contributed by atoms with Crippen LogP contribution in [0.15, 0.2) is 0 Å². The molecule has 0 spiro atoms. The molecule has 0 amide bonds. The van der Waals surface area contributed by atoms with Crippen LogP contribution in [0.3, 0.4) is 0 Å². The van der Waals surface area contributed by atoms with Crippen LogP contribution in [-0.2, 0) is 4.79 Å². The smallest absolute Gasteiger partial charge is 0.336 e. The number of carboxylic acids is 1. The van der Waals surface area contributed by atoms with Gasteiger partial charge in [0.25, 0.3) is 0 Å². The van der Waals surface area contributed by atoms with Crippen molar-refractivity contribution in [3.05, 3.63) is 0 Å². The van der Waals surface area contributed by atoms with Crippen molar-refractivity contribution < 1.29 is 9.90 Å². The Hall–Kier alpha value is -0.290. The van der Waals surface area contributed by atoms with E-state index in [9.17, 15) is 4.79 Å². The van der Waals surface area contributed by atoms with Gasteiger partial charge in [0.1, 0.15) is 0 Å². The number of aliphatic carboxylic acids is 1. The van der Waals surface area contributed by atoms with Crippen LogP contribution in [0.2, 0.25) is 0 Å². The first-order valence-electron chi connectivity index (χ1n) is 3.24. The number of carbonyl (C=O) groups is 1. The van der Waals surface area contributed by atoms with Crippen LogP contribution in [0.25, 0.3) is 0 Å². The minimum atomic E-state index is -0.795. The van der Waals surface area contributed by atoms with Gasteiger partial charge in [-0.15, -0.1) is 11.8 Å². The molecule has 3 nitrogen and oxygen atoms in total. The highest BCUT2D eigenvalue weighted by Crippen LogP contribution is 2.23. The third-order valence-corrected chi connectivity index (χ3v) is 2.93. The summed E-state index contributed by atoms with van der Waals surface area (Å²) in [4.78, 5) is 13.0. The molecule has 1 atom stereocenters. The van der Waals surface area contributed by atoms with Gasteiger partial charge in [-0.3, -0.25) is 0 Å².